The van der Waals surface area contributed by atoms with Crippen LogP contribution in [0.3, 0.4) is 0 Å². The Morgan fingerprint density at radius 1 is 1.12 bits per heavy atom. The van der Waals surface area contributed by atoms with Gasteiger partial charge in [0.2, 0.25) is 10.0 Å². The minimum Gasteiger partial charge on any atom is -0.463 e. The van der Waals surface area contributed by atoms with E-state index in [4.69, 9.17) is 4.42 Å². The van der Waals surface area contributed by atoms with E-state index in [0.29, 0.717) is 11.5 Å². The highest BCUT2D eigenvalue weighted by atomic mass is 32.2. The number of hydrogen-bond acceptors (Lipinski definition) is 5. The van der Waals surface area contributed by atoms with E-state index in [1.165, 1.54) is 17.0 Å². The molecule has 0 aliphatic heterocycles. The molecule has 0 radical (unpaired) electrons. The molecule has 3 rings (SSSR count). The first-order chi connectivity index (χ1) is 12.4. The summed E-state index contributed by atoms with van der Waals surface area (Å²) in [5, 5.41) is 4.21. The summed E-state index contributed by atoms with van der Waals surface area (Å²) in [6, 6.07) is 11.4. The third-order valence-corrected chi connectivity index (χ3v) is 5.50. The molecule has 0 fully saturated rings. The van der Waals surface area contributed by atoms with Crippen LogP contribution in [0, 0.1) is 13.8 Å². The summed E-state index contributed by atoms with van der Waals surface area (Å²) in [6.45, 7) is 3.93. The summed E-state index contributed by atoms with van der Waals surface area (Å²) in [5.41, 5.74) is 2.11. The zero-order valence-electron chi connectivity index (χ0n) is 14.5. The van der Waals surface area contributed by atoms with Gasteiger partial charge in [0.05, 0.1) is 17.7 Å². The van der Waals surface area contributed by atoms with Crippen LogP contribution >= 0.6 is 0 Å². The quantitative estimate of drug-likeness (QED) is 0.714. The zero-order chi connectivity index (χ0) is 18.7. The van der Waals surface area contributed by atoms with Crippen molar-refractivity contribution in [3.8, 4) is 11.5 Å². The Labute approximate surface area is 151 Å². The number of hydrogen-bond donors (Lipinski definition) is 1. The summed E-state index contributed by atoms with van der Waals surface area (Å²) in [6.07, 6.45) is 1.52. The van der Waals surface area contributed by atoms with Crippen molar-refractivity contribution in [1.29, 1.82) is 0 Å². The van der Waals surface area contributed by atoms with Crippen LogP contribution in [0.5, 0.6) is 0 Å². The molecule has 2 aromatic heterocycles. The molecule has 3 aromatic rings. The minimum atomic E-state index is -3.65. The lowest BCUT2D eigenvalue weighted by Crippen LogP contribution is -2.32. The van der Waals surface area contributed by atoms with Crippen LogP contribution in [0.15, 0.2) is 62.8 Å². The smallest absolute Gasteiger partial charge is 0.266 e. The standard InChI is InChI=1S/C18H19N3O4S/c1-13-5-6-15(12-14(13)2)26(23,24)19-9-10-21-18(22)8-7-16(20-21)17-4-3-11-25-17/h3-8,11-12,19H,9-10H2,1-2H3. The summed E-state index contributed by atoms with van der Waals surface area (Å²) < 4.78 is 33.8. The number of rotatable bonds is 6. The highest BCUT2D eigenvalue weighted by Crippen LogP contribution is 2.15. The number of sulfonamides is 1. The van der Waals surface area contributed by atoms with E-state index in [-0.39, 0.29) is 23.5 Å². The average Bonchev–Trinajstić information content (AvgIpc) is 3.13. The van der Waals surface area contributed by atoms with Crippen molar-refractivity contribution in [1.82, 2.24) is 14.5 Å². The van der Waals surface area contributed by atoms with E-state index >= 15 is 0 Å². The van der Waals surface area contributed by atoms with Gasteiger partial charge in [-0.25, -0.2) is 17.8 Å². The molecule has 0 saturated heterocycles. The van der Waals surface area contributed by atoms with Gasteiger partial charge in [0.25, 0.3) is 5.56 Å². The minimum absolute atomic E-state index is 0.0454. The molecule has 0 atom stereocenters. The topological polar surface area (TPSA) is 94.2 Å². The predicted octanol–water partition coefficient (Wildman–Crippen LogP) is 2.10. The van der Waals surface area contributed by atoms with Crippen LogP contribution < -0.4 is 10.3 Å². The Bertz CT molecular complexity index is 1070. The van der Waals surface area contributed by atoms with Crippen molar-refractivity contribution in [2.75, 3.05) is 6.54 Å². The van der Waals surface area contributed by atoms with Crippen LogP contribution in [0.4, 0.5) is 0 Å². The molecule has 136 valence electrons. The summed E-state index contributed by atoms with van der Waals surface area (Å²) in [7, 11) is -3.65. The fraction of sp³-hybridized carbons (Fsp3) is 0.222. The summed E-state index contributed by atoms with van der Waals surface area (Å²) in [5.74, 6) is 0.537. The second kappa shape index (κ2) is 7.27. The van der Waals surface area contributed by atoms with Crippen LogP contribution in [-0.4, -0.2) is 24.7 Å². The number of nitrogens with one attached hydrogen (secondary N) is 1. The highest BCUT2D eigenvalue weighted by molar-refractivity contribution is 7.89. The van der Waals surface area contributed by atoms with Gasteiger partial charge < -0.3 is 4.42 Å². The molecule has 2 heterocycles. The maximum absolute atomic E-state index is 12.4. The van der Waals surface area contributed by atoms with Gasteiger partial charge in [0.1, 0.15) is 5.69 Å². The van der Waals surface area contributed by atoms with Crippen molar-refractivity contribution in [2.45, 2.75) is 25.3 Å². The van der Waals surface area contributed by atoms with Gasteiger partial charge in [-0.15, -0.1) is 0 Å². The molecule has 0 unspecified atom stereocenters. The SMILES string of the molecule is Cc1ccc(S(=O)(=O)NCCn2nc(-c3ccco3)ccc2=O)cc1C. The van der Waals surface area contributed by atoms with Crippen LogP contribution in [0.2, 0.25) is 0 Å². The second-order valence-corrected chi connectivity index (χ2v) is 7.67. The number of benzene rings is 1. The van der Waals surface area contributed by atoms with Crippen LogP contribution in [0.1, 0.15) is 11.1 Å². The van der Waals surface area contributed by atoms with E-state index in [9.17, 15) is 13.2 Å². The lowest BCUT2D eigenvalue weighted by molar-refractivity contribution is 0.539. The first-order valence-electron chi connectivity index (χ1n) is 8.06. The largest absolute Gasteiger partial charge is 0.463 e. The molecule has 0 bridgehead atoms. The van der Waals surface area contributed by atoms with Crippen molar-refractivity contribution >= 4 is 10.0 Å². The molecular weight excluding hydrogens is 354 g/mol. The Morgan fingerprint density at radius 2 is 1.92 bits per heavy atom. The Morgan fingerprint density at radius 3 is 2.62 bits per heavy atom. The third-order valence-electron chi connectivity index (χ3n) is 4.04. The number of furan rings is 1. The molecule has 0 aliphatic rings. The molecule has 8 heteroatoms. The number of aryl methyl sites for hydroxylation is 2. The Hall–Kier alpha value is -2.71. The first kappa shape index (κ1) is 18.1. The lowest BCUT2D eigenvalue weighted by atomic mass is 10.1. The van der Waals surface area contributed by atoms with E-state index in [1.54, 1.807) is 36.4 Å². The molecular formula is C18H19N3O4S. The first-order valence-corrected chi connectivity index (χ1v) is 9.54. The Balaban J connectivity index is 1.72. The molecule has 0 amide bonds. The lowest BCUT2D eigenvalue weighted by Gasteiger charge is -2.10. The van der Waals surface area contributed by atoms with E-state index in [2.05, 4.69) is 9.82 Å². The molecule has 7 nitrogen and oxygen atoms in total. The van der Waals surface area contributed by atoms with Gasteiger partial charge in [0, 0.05) is 12.6 Å². The van der Waals surface area contributed by atoms with Gasteiger partial charge in [-0.2, -0.15) is 5.10 Å². The van der Waals surface area contributed by atoms with Crippen molar-refractivity contribution in [3.05, 3.63) is 70.2 Å². The van der Waals surface area contributed by atoms with E-state index in [1.807, 2.05) is 13.8 Å². The van der Waals surface area contributed by atoms with Gasteiger partial charge in [-0.1, -0.05) is 6.07 Å². The van der Waals surface area contributed by atoms with Crippen molar-refractivity contribution in [3.63, 3.8) is 0 Å². The maximum atomic E-state index is 12.4. The predicted molar refractivity (Wildman–Crippen MR) is 97.3 cm³/mol. The second-order valence-electron chi connectivity index (χ2n) is 5.90. The van der Waals surface area contributed by atoms with Crippen molar-refractivity contribution in [2.24, 2.45) is 0 Å². The maximum Gasteiger partial charge on any atom is 0.266 e. The fourth-order valence-electron chi connectivity index (χ4n) is 2.42. The monoisotopic (exact) mass is 373 g/mol. The van der Waals surface area contributed by atoms with E-state index < -0.39 is 10.0 Å². The molecule has 0 spiro atoms. The van der Waals surface area contributed by atoms with Crippen molar-refractivity contribution < 1.29 is 12.8 Å². The number of aromatic nitrogens is 2. The highest BCUT2D eigenvalue weighted by Gasteiger charge is 2.14. The van der Waals surface area contributed by atoms with Gasteiger partial charge in [-0.05, 0) is 55.3 Å². The number of nitrogens with zero attached hydrogens (tertiary/aromatic N) is 2. The Kier molecular flexibility index (Phi) is 5.06. The average molecular weight is 373 g/mol. The molecule has 0 saturated carbocycles. The molecule has 1 aromatic carbocycles. The van der Waals surface area contributed by atoms with Gasteiger partial charge in [-0.3, -0.25) is 4.79 Å². The fourth-order valence-corrected chi connectivity index (χ4v) is 3.52. The molecule has 26 heavy (non-hydrogen) atoms. The molecule has 1 N–H and O–H groups in total. The third kappa shape index (κ3) is 3.92. The summed E-state index contributed by atoms with van der Waals surface area (Å²) in [4.78, 5) is 12.1. The van der Waals surface area contributed by atoms with Crippen LogP contribution in [-0.2, 0) is 16.6 Å². The van der Waals surface area contributed by atoms with E-state index in [0.717, 1.165) is 11.1 Å². The van der Waals surface area contributed by atoms with Gasteiger partial charge >= 0.3 is 0 Å². The normalized spacial score (nSPS) is 11.6. The molecule has 0 aliphatic carbocycles. The summed E-state index contributed by atoms with van der Waals surface area (Å²) >= 11 is 0. The van der Waals surface area contributed by atoms with Crippen LogP contribution in [0.25, 0.3) is 11.5 Å². The zero-order valence-corrected chi connectivity index (χ0v) is 15.3. The van der Waals surface area contributed by atoms with Gasteiger partial charge in [0.15, 0.2) is 5.76 Å².